The monoisotopic (exact) mass is 531 g/mol. The van der Waals surface area contributed by atoms with Gasteiger partial charge in [0.05, 0.1) is 12.4 Å². The molecule has 2 aromatic heterocycles. The van der Waals surface area contributed by atoms with Crippen LogP contribution in [-0.2, 0) is 11.8 Å². The number of ether oxygens (including phenoxy) is 1. The largest absolute Gasteiger partial charge is 0.470 e. The highest BCUT2D eigenvalue weighted by Crippen LogP contribution is 2.73. The Morgan fingerprint density at radius 2 is 1.79 bits per heavy atom. The molecule has 7 fully saturated rings. The standard InChI is InChI=1S/C25H28F3N7O3/c26-25(27,28)16-5-30-17(6-29-16)38-23-9-22(10-23,11-23)15-7-34(8-15)20(36)35-12-21(13-35)3-14(4-21)18-31-19(33-32-18)24(37)1-2-24/h5-6,14-15,37H,1-4,7-13H2,(H,31,32,33). The summed E-state index contributed by atoms with van der Waals surface area (Å²) in [7, 11) is 0. The van der Waals surface area contributed by atoms with Crippen LogP contribution in [0.2, 0.25) is 0 Å². The van der Waals surface area contributed by atoms with Crippen molar-refractivity contribution in [3.63, 3.8) is 0 Å². The number of amides is 2. The zero-order valence-electron chi connectivity index (χ0n) is 20.7. The van der Waals surface area contributed by atoms with Gasteiger partial charge in [0, 0.05) is 43.4 Å². The van der Waals surface area contributed by atoms with E-state index in [1.165, 1.54) is 0 Å². The lowest BCUT2D eigenvalue weighted by molar-refractivity contribution is -0.283. The molecule has 5 saturated carbocycles. The van der Waals surface area contributed by atoms with Crippen LogP contribution in [-0.4, -0.2) is 77.9 Å². The van der Waals surface area contributed by atoms with E-state index in [1.54, 1.807) is 0 Å². The van der Waals surface area contributed by atoms with Crippen LogP contribution in [0.5, 0.6) is 5.88 Å². The minimum Gasteiger partial charge on any atom is -0.470 e. The lowest BCUT2D eigenvalue weighted by Gasteiger charge is -2.74. The number of likely N-dealkylation sites (tertiary alicyclic amines) is 2. The van der Waals surface area contributed by atoms with Crippen molar-refractivity contribution in [1.82, 2.24) is 34.9 Å². The van der Waals surface area contributed by atoms with E-state index in [0.717, 1.165) is 83.1 Å². The Hall–Kier alpha value is -2.96. The molecule has 2 aromatic rings. The minimum absolute atomic E-state index is 0.117. The van der Waals surface area contributed by atoms with Gasteiger partial charge in [0.1, 0.15) is 17.0 Å². The number of hydrogen-bond acceptors (Lipinski definition) is 7. The maximum absolute atomic E-state index is 13.0. The molecule has 38 heavy (non-hydrogen) atoms. The number of nitrogens with zero attached hydrogens (tertiary/aromatic N) is 6. The highest BCUT2D eigenvalue weighted by Gasteiger charge is 2.74. The number of hydrogen-bond donors (Lipinski definition) is 2. The molecule has 9 rings (SSSR count). The summed E-state index contributed by atoms with van der Waals surface area (Å²) in [6.07, 6.45) is 3.21. The van der Waals surface area contributed by atoms with Gasteiger partial charge in [0.2, 0.25) is 5.88 Å². The predicted molar refractivity (Wildman–Crippen MR) is 123 cm³/mol. The summed E-state index contributed by atoms with van der Waals surface area (Å²) < 4.78 is 43.9. The van der Waals surface area contributed by atoms with Gasteiger partial charge >= 0.3 is 12.2 Å². The Labute approximate surface area is 216 Å². The van der Waals surface area contributed by atoms with E-state index in [2.05, 4.69) is 25.1 Å². The third kappa shape index (κ3) is 3.26. The van der Waals surface area contributed by atoms with E-state index in [1.807, 2.05) is 9.80 Å². The molecule has 2 saturated heterocycles. The fraction of sp³-hybridized carbons (Fsp3) is 0.720. The number of carbonyl (C=O) groups is 1. The molecule has 2 amide bonds. The number of carbonyl (C=O) groups excluding carboxylic acids is 1. The van der Waals surface area contributed by atoms with Gasteiger partial charge in [-0.3, -0.25) is 5.10 Å². The van der Waals surface area contributed by atoms with Crippen LogP contribution < -0.4 is 4.74 Å². The smallest absolute Gasteiger partial charge is 0.434 e. The fourth-order valence-corrected chi connectivity index (χ4v) is 7.61. The van der Waals surface area contributed by atoms with Gasteiger partial charge in [-0.15, -0.1) is 0 Å². The minimum atomic E-state index is -4.52. The lowest BCUT2D eigenvalue weighted by atomic mass is 9.36. The number of nitrogens with one attached hydrogen (secondary N) is 1. The van der Waals surface area contributed by atoms with Crippen LogP contribution in [0.3, 0.4) is 0 Å². The molecule has 2 N–H and O–H groups in total. The second-order valence-corrected chi connectivity index (χ2v) is 12.8. The molecule has 1 spiro atoms. The first-order valence-corrected chi connectivity index (χ1v) is 13.3. The van der Waals surface area contributed by atoms with Gasteiger partial charge < -0.3 is 19.6 Å². The number of aromatic amines is 1. The van der Waals surface area contributed by atoms with E-state index in [4.69, 9.17) is 4.74 Å². The molecular formula is C25H28F3N7O3. The number of alkyl halides is 3. The first-order valence-electron chi connectivity index (χ1n) is 13.3. The summed E-state index contributed by atoms with van der Waals surface area (Å²) in [6.45, 7) is 3.07. The van der Waals surface area contributed by atoms with E-state index in [9.17, 15) is 23.1 Å². The molecule has 0 unspecified atom stereocenters. The SMILES string of the molecule is O=C(N1CC(C23CC(Oc4cnc(C(F)(F)F)cn4)(C2)C3)C1)N1CC2(CC(c3nc(C4(O)CC4)n[nH]3)C2)C1. The van der Waals surface area contributed by atoms with E-state index < -0.39 is 17.5 Å². The molecule has 0 radical (unpaired) electrons. The van der Waals surface area contributed by atoms with Crippen LogP contribution in [0.4, 0.5) is 18.0 Å². The van der Waals surface area contributed by atoms with E-state index in [0.29, 0.717) is 23.9 Å². The molecule has 2 bridgehead atoms. The number of urea groups is 1. The number of rotatable bonds is 5. The van der Waals surface area contributed by atoms with Gasteiger partial charge in [0.25, 0.3) is 0 Å². The molecule has 0 atom stereocenters. The summed E-state index contributed by atoms with van der Waals surface area (Å²) in [6, 6.07) is 0.117. The van der Waals surface area contributed by atoms with Crippen LogP contribution in [0.15, 0.2) is 12.4 Å². The number of aliphatic hydroxyl groups is 1. The van der Waals surface area contributed by atoms with E-state index in [-0.39, 0.29) is 28.3 Å². The van der Waals surface area contributed by atoms with Gasteiger partial charge in [-0.25, -0.2) is 19.7 Å². The second kappa shape index (κ2) is 6.97. The number of H-pyrrole nitrogens is 1. The average Bonchev–Trinajstić information content (AvgIpc) is 3.28. The van der Waals surface area contributed by atoms with Crippen molar-refractivity contribution in [2.45, 2.75) is 68.2 Å². The quantitative estimate of drug-likeness (QED) is 0.609. The molecule has 202 valence electrons. The zero-order chi connectivity index (χ0) is 26.1. The summed E-state index contributed by atoms with van der Waals surface area (Å²) in [5.74, 6) is 2.26. The lowest BCUT2D eigenvalue weighted by Crippen LogP contribution is -2.77. The van der Waals surface area contributed by atoms with Crippen molar-refractivity contribution in [2.75, 3.05) is 26.2 Å². The Bertz CT molecular complexity index is 1280. The van der Waals surface area contributed by atoms with Crippen molar-refractivity contribution >= 4 is 6.03 Å². The first-order chi connectivity index (χ1) is 18.0. The summed E-state index contributed by atoms with van der Waals surface area (Å²) in [5.41, 5.74) is -1.83. The molecule has 2 aliphatic heterocycles. The molecule has 0 aromatic carbocycles. The van der Waals surface area contributed by atoms with Crippen molar-refractivity contribution in [3.8, 4) is 5.88 Å². The van der Waals surface area contributed by atoms with Crippen LogP contribution in [0.1, 0.15) is 68.2 Å². The fourth-order valence-electron chi connectivity index (χ4n) is 7.61. The van der Waals surface area contributed by atoms with Crippen LogP contribution in [0, 0.1) is 16.7 Å². The Morgan fingerprint density at radius 1 is 1.08 bits per heavy atom. The summed E-state index contributed by atoms with van der Waals surface area (Å²) in [4.78, 5) is 28.6. The second-order valence-electron chi connectivity index (χ2n) is 12.8. The van der Waals surface area contributed by atoms with E-state index >= 15 is 0 Å². The Kier molecular flexibility index (Phi) is 4.21. The topological polar surface area (TPSA) is 120 Å². The van der Waals surface area contributed by atoms with Crippen LogP contribution in [0.25, 0.3) is 0 Å². The van der Waals surface area contributed by atoms with Gasteiger partial charge in [-0.2, -0.15) is 18.3 Å². The van der Waals surface area contributed by atoms with Gasteiger partial charge in [-0.05, 0) is 50.4 Å². The molecule has 4 heterocycles. The van der Waals surface area contributed by atoms with Gasteiger partial charge in [0.15, 0.2) is 11.5 Å². The molecule has 10 nitrogen and oxygen atoms in total. The highest BCUT2D eigenvalue weighted by atomic mass is 19.4. The maximum atomic E-state index is 13.0. The number of halogens is 3. The molecule has 13 heteroatoms. The third-order valence-corrected chi connectivity index (χ3v) is 9.99. The van der Waals surface area contributed by atoms with Crippen molar-refractivity contribution in [3.05, 3.63) is 29.7 Å². The van der Waals surface area contributed by atoms with Crippen molar-refractivity contribution < 1.29 is 27.8 Å². The predicted octanol–water partition coefficient (Wildman–Crippen LogP) is 2.83. The average molecular weight is 532 g/mol. The third-order valence-electron chi connectivity index (χ3n) is 9.99. The first kappa shape index (κ1) is 23.0. The summed E-state index contributed by atoms with van der Waals surface area (Å²) in [5, 5.41) is 17.4. The number of aromatic nitrogens is 5. The van der Waals surface area contributed by atoms with Crippen molar-refractivity contribution in [1.29, 1.82) is 0 Å². The molecular weight excluding hydrogens is 503 g/mol. The Balaban J connectivity index is 0.781. The normalized spacial score (nSPS) is 32.5. The zero-order valence-corrected chi connectivity index (χ0v) is 20.7. The van der Waals surface area contributed by atoms with Gasteiger partial charge in [-0.1, -0.05) is 0 Å². The molecule has 7 aliphatic rings. The summed E-state index contributed by atoms with van der Waals surface area (Å²) >= 11 is 0. The highest BCUT2D eigenvalue weighted by molar-refractivity contribution is 5.76. The van der Waals surface area contributed by atoms with Crippen molar-refractivity contribution in [2.24, 2.45) is 16.7 Å². The maximum Gasteiger partial charge on any atom is 0.434 e. The molecule has 5 aliphatic carbocycles. The van der Waals surface area contributed by atoms with Crippen LogP contribution >= 0.6 is 0 Å². The Morgan fingerprint density at radius 3 is 2.39 bits per heavy atom.